The number of carbonyl (C=O) groups is 1. The summed E-state index contributed by atoms with van der Waals surface area (Å²) >= 11 is 5.64. The molecule has 0 saturated heterocycles. The maximum Gasteiger partial charge on any atom is 0.356 e. The Bertz CT molecular complexity index is 325. The number of ether oxygens (including phenoxy) is 1. The molecule has 3 nitrogen and oxygen atoms in total. The van der Waals surface area contributed by atoms with Gasteiger partial charge in [-0.15, -0.1) is 11.6 Å². The molecule has 70 valence electrons. The number of methoxy groups -OCH3 is 1. The van der Waals surface area contributed by atoms with Crippen molar-refractivity contribution in [2.75, 3.05) is 7.11 Å². The third-order valence-corrected chi connectivity index (χ3v) is 2.05. The first-order valence-corrected chi connectivity index (χ1v) is 4.32. The Balaban J connectivity index is 3.02. The van der Waals surface area contributed by atoms with Crippen molar-refractivity contribution in [2.45, 2.75) is 12.8 Å². The van der Waals surface area contributed by atoms with Crippen molar-refractivity contribution in [1.82, 2.24) is 4.98 Å². The van der Waals surface area contributed by atoms with Crippen LogP contribution in [0.5, 0.6) is 0 Å². The highest BCUT2D eigenvalue weighted by molar-refractivity contribution is 6.17. The first-order valence-electron chi connectivity index (χ1n) is 3.79. The average molecular weight is 200 g/mol. The molecule has 4 heteroatoms. The third-order valence-electron chi connectivity index (χ3n) is 1.76. The molecule has 0 unspecified atom stereocenters. The van der Waals surface area contributed by atoms with Gasteiger partial charge in [0.05, 0.1) is 7.11 Å². The number of halogens is 1. The Hall–Kier alpha value is -1.09. The van der Waals surface area contributed by atoms with E-state index in [1.807, 2.05) is 6.92 Å². The van der Waals surface area contributed by atoms with Crippen LogP contribution in [0.2, 0.25) is 0 Å². The van der Waals surface area contributed by atoms with E-state index in [9.17, 15) is 4.79 Å². The highest BCUT2D eigenvalue weighted by Gasteiger charge is 2.08. The van der Waals surface area contributed by atoms with Crippen LogP contribution in [0, 0.1) is 6.92 Å². The molecule has 0 aliphatic heterocycles. The van der Waals surface area contributed by atoms with Gasteiger partial charge in [-0.3, -0.25) is 0 Å². The molecule has 0 amide bonds. The van der Waals surface area contributed by atoms with E-state index < -0.39 is 5.97 Å². The number of carbonyl (C=O) groups excluding carboxylic acids is 1. The number of hydrogen-bond donors (Lipinski definition) is 0. The van der Waals surface area contributed by atoms with Gasteiger partial charge in [-0.2, -0.15) is 0 Å². The van der Waals surface area contributed by atoms with E-state index in [1.165, 1.54) is 7.11 Å². The Morgan fingerprint density at radius 3 is 2.85 bits per heavy atom. The van der Waals surface area contributed by atoms with E-state index in [4.69, 9.17) is 11.6 Å². The number of rotatable bonds is 2. The zero-order valence-electron chi connectivity index (χ0n) is 7.50. The molecule has 0 aromatic carbocycles. The molecule has 0 bridgehead atoms. The van der Waals surface area contributed by atoms with Crippen LogP contribution in [0.15, 0.2) is 12.3 Å². The fourth-order valence-corrected chi connectivity index (χ4v) is 1.22. The van der Waals surface area contributed by atoms with Gasteiger partial charge in [-0.1, -0.05) is 0 Å². The maximum atomic E-state index is 11.0. The van der Waals surface area contributed by atoms with Crippen LogP contribution in [0.25, 0.3) is 0 Å². The minimum Gasteiger partial charge on any atom is -0.464 e. The number of esters is 1. The summed E-state index contributed by atoms with van der Waals surface area (Å²) in [5, 5.41) is 0. The fourth-order valence-electron chi connectivity index (χ4n) is 0.940. The summed E-state index contributed by atoms with van der Waals surface area (Å²) in [6, 6.07) is 1.67. The van der Waals surface area contributed by atoms with Gasteiger partial charge < -0.3 is 4.74 Å². The van der Waals surface area contributed by atoms with Gasteiger partial charge in [0.2, 0.25) is 0 Å². The molecule has 0 saturated carbocycles. The van der Waals surface area contributed by atoms with Gasteiger partial charge >= 0.3 is 5.97 Å². The van der Waals surface area contributed by atoms with Crippen LogP contribution in [0.4, 0.5) is 0 Å². The van der Waals surface area contributed by atoms with Crippen molar-refractivity contribution in [3.63, 3.8) is 0 Å². The van der Waals surface area contributed by atoms with Crippen molar-refractivity contribution in [1.29, 1.82) is 0 Å². The molecule has 0 atom stereocenters. The molecular formula is C9H10ClNO2. The predicted octanol–water partition coefficient (Wildman–Crippen LogP) is 1.92. The first kappa shape index (κ1) is 9.99. The second-order valence-electron chi connectivity index (χ2n) is 2.62. The summed E-state index contributed by atoms with van der Waals surface area (Å²) < 4.78 is 4.53. The Kier molecular flexibility index (Phi) is 3.25. The molecule has 0 fully saturated rings. The number of nitrogens with zero attached hydrogens (tertiary/aromatic N) is 1. The summed E-state index contributed by atoms with van der Waals surface area (Å²) in [6.45, 7) is 1.88. The summed E-state index contributed by atoms with van der Waals surface area (Å²) in [5.41, 5.74) is 2.19. The molecular weight excluding hydrogens is 190 g/mol. The molecule has 0 aliphatic carbocycles. The lowest BCUT2D eigenvalue weighted by atomic mass is 10.1. The Morgan fingerprint density at radius 2 is 2.38 bits per heavy atom. The molecule has 0 N–H and O–H groups in total. The van der Waals surface area contributed by atoms with Gasteiger partial charge in [0.25, 0.3) is 0 Å². The lowest BCUT2D eigenvalue weighted by Crippen LogP contribution is -2.05. The SMILES string of the molecule is COC(=O)c1cc(C)c(CCl)cn1. The third kappa shape index (κ3) is 2.18. The van der Waals surface area contributed by atoms with Crippen molar-refractivity contribution >= 4 is 17.6 Å². The molecule has 0 spiro atoms. The topological polar surface area (TPSA) is 39.2 Å². The van der Waals surface area contributed by atoms with Crippen LogP contribution >= 0.6 is 11.6 Å². The zero-order valence-corrected chi connectivity index (χ0v) is 8.26. The quantitative estimate of drug-likeness (QED) is 0.540. The second-order valence-corrected chi connectivity index (χ2v) is 2.89. The number of alkyl halides is 1. The van der Waals surface area contributed by atoms with Gasteiger partial charge in [0.15, 0.2) is 0 Å². The standard InChI is InChI=1S/C9H10ClNO2/c1-6-3-8(9(12)13-2)11-5-7(6)4-10/h3,5H,4H2,1-2H3. The first-order chi connectivity index (χ1) is 6.19. The molecule has 1 aromatic heterocycles. The Labute approximate surface area is 81.7 Å². The fraction of sp³-hybridized carbons (Fsp3) is 0.333. The van der Waals surface area contributed by atoms with E-state index >= 15 is 0 Å². The summed E-state index contributed by atoms with van der Waals surface area (Å²) in [4.78, 5) is 15.0. The van der Waals surface area contributed by atoms with Crippen molar-refractivity contribution < 1.29 is 9.53 Å². The van der Waals surface area contributed by atoms with E-state index in [0.29, 0.717) is 11.6 Å². The van der Waals surface area contributed by atoms with E-state index in [-0.39, 0.29) is 0 Å². The highest BCUT2D eigenvalue weighted by Crippen LogP contribution is 2.11. The van der Waals surface area contributed by atoms with Gasteiger partial charge in [-0.25, -0.2) is 9.78 Å². The monoisotopic (exact) mass is 199 g/mol. The van der Waals surface area contributed by atoms with Gasteiger partial charge in [0.1, 0.15) is 5.69 Å². The van der Waals surface area contributed by atoms with Crippen LogP contribution in [0.3, 0.4) is 0 Å². The van der Waals surface area contributed by atoms with E-state index in [1.54, 1.807) is 12.3 Å². The van der Waals surface area contributed by atoms with Crippen LogP contribution in [0.1, 0.15) is 21.6 Å². The van der Waals surface area contributed by atoms with Crippen LogP contribution < -0.4 is 0 Å². The highest BCUT2D eigenvalue weighted by atomic mass is 35.5. The molecule has 1 heterocycles. The lowest BCUT2D eigenvalue weighted by molar-refractivity contribution is 0.0594. The number of pyridine rings is 1. The minimum atomic E-state index is -0.427. The molecule has 13 heavy (non-hydrogen) atoms. The maximum absolute atomic E-state index is 11.0. The predicted molar refractivity (Wildman–Crippen MR) is 49.9 cm³/mol. The van der Waals surface area contributed by atoms with Gasteiger partial charge in [0, 0.05) is 12.1 Å². The van der Waals surface area contributed by atoms with Crippen LogP contribution in [-0.2, 0) is 10.6 Å². The van der Waals surface area contributed by atoms with Crippen molar-refractivity contribution in [3.05, 3.63) is 29.1 Å². The molecule has 0 aliphatic rings. The zero-order chi connectivity index (χ0) is 9.84. The lowest BCUT2D eigenvalue weighted by Gasteiger charge is -2.03. The van der Waals surface area contributed by atoms with Crippen LogP contribution in [-0.4, -0.2) is 18.1 Å². The van der Waals surface area contributed by atoms with E-state index in [2.05, 4.69) is 9.72 Å². The molecule has 1 aromatic rings. The number of aryl methyl sites for hydroxylation is 1. The normalized spacial score (nSPS) is 9.77. The van der Waals surface area contributed by atoms with E-state index in [0.717, 1.165) is 11.1 Å². The largest absolute Gasteiger partial charge is 0.464 e. The summed E-state index contributed by atoms with van der Waals surface area (Å²) in [7, 11) is 1.33. The molecule has 1 rings (SSSR count). The second kappa shape index (κ2) is 4.23. The number of aromatic nitrogens is 1. The molecule has 0 radical (unpaired) electrons. The summed E-state index contributed by atoms with van der Waals surface area (Å²) in [6.07, 6.45) is 1.59. The Morgan fingerprint density at radius 1 is 1.69 bits per heavy atom. The van der Waals surface area contributed by atoms with Gasteiger partial charge in [-0.05, 0) is 24.1 Å². The number of hydrogen-bond acceptors (Lipinski definition) is 3. The average Bonchev–Trinajstić information content (AvgIpc) is 2.16. The minimum absolute atomic E-state index is 0.314. The van der Waals surface area contributed by atoms with Crippen molar-refractivity contribution in [3.8, 4) is 0 Å². The smallest absolute Gasteiger partial charge is 0.356 e. The summed E-state index contributed by atoms with van der Waals surface area (Å²) in [5.74, 6) is -0.0236. The van der Waals surface area contributed by atoms with Crippen molar-refractivity contribution in [2.24, 2.45) is 0 Å².